The molecule has 0 bridgehead atoms. The first-order chi connectivity index (χ1) is 11.6. The van der Waals surface area contributed by atoms with Gasteiger partial charge in [0.05, 0.1) is 19.4 Å². The van der Waals surface area contributed by atoms with Gasteiger partial charge in [0.25, 0.3) is 0 Å². The van der Waals surface area contributed by atoms with Crippen molar-refractivity contribution >= 4 is 11.9 Å². The van der Waals surface area contributed by atoms with Gasteiger partial charge in [-0.15, -0.1) is 0 Å². The second-order valence-corrected chi connectivity index (χ2v) is 6.22. The molecule has 1 saturated carbocycles. The Morgan fingerprint density at radius 2 is 2.17 bits per heavy atom. The normalized spacial score (nSPS) is 25.8. The highest BCUT2D eigenvalue weighted by Gasteiger charge is 2.43. The van der Waals surface area contributed by atoms with Gasteiger partial charge in [0.1, 0.15) is 17.5 Å². The number of oxime groups is 1. The molecule has 1 fully saturated rings. The average Bonchev–Trinajstić information content (AvgIpc) is 3.01. The summed E-state index contributed by atoms with van der Waals surface area (Å²) < 4.78 is 15.4. The number of carbonyl (C=O) groups is 1. The van der Waals surface area contributed by atoms with E-state index in [-0.39, 0.29) is 11.7 Å². The summed E-state index contributed by atoms with van der Waals surface area (Å²) >= 11 is 0. The van der Waals surface area contributed by atoms with Crippen LogP contribution in [0.2, 0.25) is 0 Å². The van der Waals surface area contributed by atoms with Crippen molar-refractivity contribution in [2.24, 2.45) is 5.16 Å². The predicted molar refractivity (Wildman–Crippen MR) is 88.3 cm³/mol. The summed E-state index contributed by atoms with van der Waals surface area (Å²) in [7, 11) is 1.65. The zero-order chi connectivity index (χ0) is 17.0. The van der Waals surface area contributed by atoms with Gasteiger partial charge >= 0.3 is 6.16 Å². The molecule has 2 aliphatic rings. The van der Waals surface area contributed by atoms with Crippen LogP contribution in [0.5, 0.6) is 5.75 Å². The van der Waals surface area contributed by atoms with E-state index in [4.69, 9.17) is 19.0 Å². The summed E-state index contributed by atoms with van der Waals surface area (Å²) in [5.74, 6) is 0.808. The molecule has 0 radical (unpaired) electrons. The van der Waals surface area contributed by atoms with Crippen molar-refractivity contribution in [1.82, 2.24) is 0 Å². The molecule has 24 heavy (non-hydrogen) atoms. The van der Waals surface area contributed by atoms with Crippen LogP contribution in [0.4, 0.5) is 4.79 Å². The highest BCUT2D eigenvalue weighted by Crippen LogP contribution is 2.40. The number of ether oxygens (including phenoxy) is 3. The fraction of sp³-hybridized carbons (Fsp3) is 0.556. The molecule has 0 amide bonds. The number of rotatable bonds is 4. The van der Waals surface area contributed by atoms with E-state index in [1.54, 1.807) is 14.0 Å². The van der Waals surface area contributed by atoms with Gasteiger partial charge in [-0.05, 0) is 44.7 Å². The Kier molecular flexibility index (Phi) is 4.92. The van der Waals surface area contributed by atoms with Gasteiger partial charge in [0.2, 0.25) is 0 Å². The Hall–Kier alpha value is -2.24. The van der Waals surface area contributed by atoms with Crippen LogP contribution in [0.15, 0.2) is 29.4 Å². The van der Waals surface area contributed by atoms with Crippen molar-refractivity contribution in [1.29, 1.82) is 0 Å². The van der Waals surface area contributed by atoms with Crippen molar-refractivity contribution in [3.8, 4) is 5.75 Å². The van der Waals surface area contributed by atoms with Crippen LogP contribution in [-0.2, 0) is 14.3 Å². The van der Waals surface area contributed by atoms with Gasteiger partial charge in [-0.2, -0.15) is 0 Å². The zero-order valence-corrected chi connectivity index (χ0v) is 14.1. The molecule has 0 N–H and O–H groups in total. The van der Waals surface area contributed by atoms with Gasteiger partial charge in [0, 0.05) is 12.0 Å². The molecule has 6 nitrogen and oxygen atoms in total. The molecule has 130 valence electrons. The first-order valence-corrected chi connectivity index (χ1v) is 8.37. The van der Waals surface area contributed by atoms with Crippen LogP contribution in [-0.4, -0.2) is 37.3 Å². The van der Waals surface area contributed by atoms with Crippen molar-refractivity contribution in [2.75, 3.05) is 13.7 Å². The van der Waals surface area contributed by atoms with Crippen molar-refractivity contribution in [3.63, 3.8) is 0 Å². The lowest BCUT2D eigenvalue weighted by Gasteiger charge is -2.34. The summed E-state index contributed by atoms with van der Waals surface area (Å²) in [5.41, 5.74) is 1.70. The van der Waals surface area contributed by atoms with E-state index in [1.807, 2.05) is 24.3 Å². The SMILES string of the molecule is CCOC(=O)OC1CCC2(CC1)CC(c1cccc(OC)c1)=NO2. The van der Waals surface area contributed by atoms with Gasteiger partial charge in [-0.1, -0.05) is 17.3 Å². The third-order valence-electron chi connectivity index (χ3n) is 4.61. The van der Waals surface area contributed by atoms with Crippen LogP contribution in [0.1, 0.15) is 44.6 Å². The van der Waals surface area contributed by atoms with E-state index in [1.165, 1.54) is 0 Å². The molecule has 1 spiro atoms. The average molecular weight is 333 g/mol. The summed E-state index contributed by atoms with van der Waals surface area (Å²) in [5, 5.41) is 4.30. The Bertz CT molecular complexity index is 620. The maximum Gasteiger partial charge on any atom is 0.508 e. The summed E-state index contributed by atoms with van der Waals surface area (Å²) in [6.07, 6.45) is 3.24. The fourth-order valence-electron chi connectivity index (χ4n) is 3.27. The molecular formula is C18H23NO5. The minimum atomic E-state index is -0.584. The fourth-order valence-corrected chi connectivity index (χ4v) is 3.27. The highest BCUT2D eigenvalue weighted by molar-refractivity contribution is 6.01. The van der Waals surface area contributed by atoms with E-state index in [2.05, 4.69) is 5.16 Å². The third kappa shape index (κ3) is 3.63. The Labute approximate surface area is 141 Å². The molecule has 1 aliphatic carbocycles. The standard InChI is InChI=1S/C18H23NO5/c1-3-22-17(20)23-14-7-9-18(10-8-14)12-16(19-24-18)13-5-4-6-15(11-13)21-2/h4-6,11,14H,3,7-10,12H2,1-2H3. The molecule has 1 heterocycles. The Morgan fingerprint density at radius 3 is 2.88 bits per heavy atom. The minimum Gasteiger partial charge on any atom is -0.497 e. The van der Waals surface area contributed by atoms with E-state index >= 15 is 0 Å². The highest BCUT2D eigenvalue weighted by atomic mass is 16.7. The molecule has 0 unspecified atom stereocenters. The maximum atomic E-state index is 11.4. The number of hydrogen-bond donors (Lipinski definition) is 0. The molecule has 1 aromatic carbocycles. The van der Waals surface area contributed by atoms with Gasteiger partial charge in [0.15, 0.2) is 0 Å². The lowest BCUT2D eigenvalue weighted by atomic mass is 9.79. The second kappa shape index (κ2) is 7.11. The quantitative estimate of drug-likeness (QED) is 0.787. The summed E-state index contributed by atoms with van der Waals surface area (Å²) in [6.45, 7) is 2.09. The molecule has 6 heteroatoms. The van der Waals surface area contributed by atoms with Crippen LogP contribution >= 0.6 is 0 Å². The summed E-state index contributed by atoms with van der Waals surface area (Å²) in [6, 6.07) is 7.84. The van der Waals surface area contributed by atoms with E-state index in [9.17, 15) is 4.79 Å². The Balaban J connectivity index is 1.56. The number of methoxy groups -OCH3 is 1. The van der Waals surface area contributed by atoms with Crippen LogP contribution in [0.3, 0.4) is 0 Å². The molecule has 3 rings (SSSR count). The van der Waals surface area contributed by atoms with Crippen molar-refractivity contribution in [3.05, 3.63) is 29.8 Å². The van der Waals surface area contributed by atoms with Crippen LogP contribution < -0.4 is 4.74 Å². The molecule has 0 saturated heterocycles. The first kappa shape index (κ1) is 16.6. The minimum absolute atomic E-state index is 0.0980. The lowest BCUT2D eigenvalue weighted by Crippen LogP contribution is -2.37. The number of hydrogen-bond acceptors (Lipinski definition) is 6. The van der Waals surface area contributed by atoms with E-state index in [0.29, 0.717) is 6.61 Å². The molecule has 0 aromatic heterocycles. The van der Waals surface area contributed by atoms with Gasteiger partial charge < -0.3 is 19.0 Å². The maximum absolute atomic E-state index is 11.4. The molecule has 0 atom stereocenters. The predicted octanol–water partition coefficient (Wildman–Crippen LogP) is 3.67. The van der Waals surface area contributed by atoms with Crippen molar-refractivity contribution in [2.45, 2.75) is 50.7 Å². The monoisotopic (exact) mass is 333 g/mol. The molecule has 1 aromatic rings. The first-order valence-electron chi connectivity index (χ1n) is 8.37. The van der Waals surface area contributed by atoms with Crippen LogP contribution in [0, 0.1) is 0 Å². The number of carbonyl (C=O) groups excluding carboxylic acids is 1. The molecular weight excluding hydrogens is 310 g/mol. The largest absolute Gasteiger partial charge is 0.508 e. The third-order valence-corrected chi connectivity index (χ3v) is 4.61. The van der Waals surface area contributed by atoms with Crippen LogP contribution in [0.25, 0.3) is 0 Å². The van der Waals surface area contributed by atoms with Crippen molar-refractivity contribution < 1.29 is 23.8 Å². The number of nitrogens with zero attached hydrogens (tertiary/aromatic N) is 1. The lowest BCUT2D eigenvalue weighted by molar-refractivity contribution is -0.0763. The number of benzene rings is 1. The topological polar surface area (TPSA) is 66.4 Å². The molecule has 1 aliphatic heterocycles. The van der Waals surface area contributed by atoms with E-state index in [0.717, 1.165) is 49.1 Å². The smallest absolute Gasteiger partial charge is 0.497 e. The Morgan fingerprint density at radius 1 is 1.38 bits per heavy atom. The van der Waals surface area contributed by atoms with Gasteiger partial charge in [-0.3, -0.25) is 0 Å². The van der Waals surface area contributed by atoms with Gasteiger partial charge in [-0.25, -0.2) is 4.79 Å². The van der Waals surface area contributed by atoms with E-state index < -0.39 is 6.16 Å². The summed E-state index contributed by atoms with van der Waals surface area (Å²) in [4.78, 5) is 17.2. The zero-order valence-electron chi connectivity index (χ0n) is 14.1. The second-order valence-electron chi connectivity index (χ2n) is 6.22.